The number of hydrogen-bond donors (Lipinski definition) is 0. The molecule has 0 N–H and O–H groups in total. The predicted molar refractivity (Wildman–Crippen MR) is 85.6 cm³/mol. The third-order valence-electron chi connectivity index (χ3n) is 3.50. The molecule has 1 aromatic carbocycles. The van der Waals surface area contributed by atoms with Crippen LogP contribution in [-0.4, -0.2) is 30.6 Å². The van der Waals surface area contributed by atoms with Gasteiger partial charge in [-0.1, -0.05) is 12.1 Å². The minimum atomic E-state index is -3.30. The molecule has 25 heavy (non-hydrogen) atoms. The molecule has 0 aromatic heterocycles. The maximum atomic E-state index is 13.9. The Balaban J connectivity index is 3.16. The number of halogens is 3. The van der Waals surface area contributed by atoms with E-state index in [1.54, 1.807) is 0 Å². The number of ether oxygens (including phenoxy) is 2. The molecule has 0 spiro atoms. The molecule has 0 bridgehead atoms. The number of rotatable bonds is 7. The number of hydrogen-bond acceptors (Lipinski definition) is 4. The topological polar surface area (TPSA) is 52.6 Å². The lowest BCUT2D eigenvalue weighted by Crippen LogP contribution is -2.50. The van der Waals surface area contributed by atoms with Gasteiger partial charge in [0.15, 0.2) is 0 Å². The number of carbonyl (C=O) groups excluding carboxylic acids is 2. The van der Waals surface area contributed by atoms with Crippen LogP contribution in [0.1, 0.15) is 39.7 Å². The summed E-state index contributed by atoms with van der Waals surface area (Å²) < 4.78 is 50.5. The summed E-state index contributed by atoms with van der Waals surface area (Å²) in [5.74, 6) is -3.11. The van der Waals surface area contributed by atoms with Gasteiger partial charge in [-0.15, -0.1) is 0 Å². The fourth-order valence-corrected chi connectivity index (χ4v) is 2.20. The first kappa shape index (κ1) is 21.0. The Kier molecular flexibility index (Phi) is 7.02. The van der Waals surface area contributed by atoms with Gasteiger partial charge >= 0.3 is 11.9 Å². The second-order valence-corrected chi connectivity index (χ2v) is 6.62. The molecule has 1 unspecified atom stereocenters. The zero-order chi connectivity index (χ0) is 19.3. The first-order valence-electron chi connectivity index (χ1n) is 7.96. The number of alkyl halides is 2. The Morgan fingerprint density at radius 1 is 1.08 bits per heavy atom. The van der Waals surface area contributed by atoms with E-state index in [4.69, 9.17) is 9.47 Å². The van der Waals surface area contributed by atoms with Gasteiger partial charge in [0.2, 0.25) is 5.41 Å². The lowest BCUT2D eigenvalue weighted by molar-refractivity contribution is -0.192. The standard InChI is InChI=1S/C18H23F3O4/c1-5-24-15(22)18(14(20)21,16(23)25-17(2,3)4)11-10-12-6-8-13(19)9-7-12/h6-9,14H,5,10-11H2,1-4H3. The summed E-state index contributed by atoms with van der Waals surface area (Å²) in [6, 6.07) is 5.17. The van der Waals surface area contributed by atoms with Crippen molar-refractivity contribution in [1.82, 2.24) is 0 Å². The Bertz CT molecular complexity index is 593. The van der Waals surface area contributed by atoms with Crippen LogP contribution in [0.4, 0.5) is 13.2 Å². The van der Waals surface area contributed by atoms with Gasteiger partial charge in [-0.2, -0.15) is 0 Å². The quantitative estimate of drug-likeness (QED) is 0.546. The van der Waals surface area contributed by atoms with Crippen LogP contribution in [0.15, 0.2) is 24.3 Å². The van der Waals surface area contributed by atoms with Crippen LogP contribution in [-0.2, 0) is 25.5 Å². The Hall–Kier alpha value is -2.05. The van der Waals surface area contributed by atoms with Gasteiger partial charge in [0, 0.05) is 0 Å². The SMILES string of the molecule is CCOC(=O)C(CCc1ccc(F)cc1)(C(=O)OC(C)(C)C)C(F)F. The summed E-state index contributed by atoms with van der Waals surface area (Å²) >= 11 is 0. The normalized spacial score (nSPS) is 14.1. The van der Waals surface area contributed by atoms with Gasteiger partial charge in [0.1, 0.15) is 11.4 Å². The predicted octanol–water partition coefficient (Wildman–Crippen LogP) is 3.91. The molecule has 1 rings (SSSR count). The molecule has 0 saturated carbocycles. The summed E-state index contributed by atoms with van der Waals surface area (Å²) in [4.78, 5) is 24.7. The molecule has 0 aliphatic rings. The van der Waals surface area contributed by atoms with Gasteiger partial charge in [0.25, 0.3) is 6.43 Å². The Morgan fingerprint density at radius 2 is 1.64 bits per heavy atom. The van der Waals surface area contributed by atoms with Crippen molar-refractivity contribution in [1.29, 1.82) is 0 Å². The summed E-state index contributed by atoms with van der Waals surface area (Å²) in [6.45, 7) is 5.88. The van der Waals surface area contributed by atoms with Crippen molar-refractivity contribution in [2.75, 3.05) is 6.61 Å². The van der Waals surface area contributed by atoms with Crippen molar-refractivity contribution in [3.05, 3.63) is 35.6 Å². The van der Waals surface area contributed by atoms with Crippen molar-refractivity contribution in [3.63, 3.8) is 0 Å². The fraction of sp³-hybridized carbons (Fsp3) is 0.556. The van der Waals surface area contributed by atoms with Crippen LogP contribution in [0.3, 0.4) is 0 Å². The van der Waals surface area contributed by atoms with E-state index in [-0.39, 0.29) is 13.0 Å². The molecule has 0 aliphatic heterocycles. The van der Waals surface area contributed by atoms with Crippen LogP contribution in [0.2, 0.25) is 0 Å². The molecule has 0 saturated heterocycles. The van der Waals surface area contributed by atoms with E-state index >= 15 is 0 Å². The van der Waals surface area contributed by atoms with E-state index < -0.39 is 41.6 Å². The number of esters is 2. The van der Waals surface area contributed by atoms with Crippen molar-refractivity contribution >= 4 is 11.9 Å². The van der Waals surface area contributed by atoms with E-state index in [0.717, 1.165) is 0 Å². The monoisotopic (exact) mass is 360 g/mol. The van der Waals surface area contributed by atoms with E-state index in [1.165, 1.54) is 52.0 Å². The van der Waals surface area contributed by atoms with Crippen molar-refractivity contribution < 1.29 is 32.2 Å². The summed E-state index contributed by atoms with van der Waals surface area (Å²) in [6.07, 6.45) is -3.85. The largest absolute Gasteiger partial charge is 0.465 e. The minimum Gasteiger partial charge on any atom is -0.465 e. The van der Waals surface area contributed by atoms with E-state index in [9.17, 15) is 22.8 Å². The number of carbonyl (C=O) groups is 2. The highest BCUT2D eigenvalue weighted by molar-refractivity contribution is 6.00. The molecule has 1 aromatic rings. The van der Waals surface area contributed by atoms with Gasteiger partial charge in [-0.3, -0.25) is 9.59 Å². The molecule has 1 atom stereocenters. The average molecular weight is 360 g/mol. The summed E-state index contributed by atoms with van der Waals surface area (Å²) in [7, 11) is 0. The molecule has 140 valence electrons. The third-order valence-corrected chi connectivity index (χ3v) is 3.50. The molecular formula is C18H23F3O4. The van der Waals surface area contributed by atoms with Crippen molar-refractivity contribution in [3.8, 4) is 0 Å². The lowest BCUT2D eigenvalue weighted by Gasteiger charge is -2.31. The summed E-state index contributed by atoms with van der Waals surface area (Å²) in [5.41, 5.74) is -3.25. The van der Waals surface area contributed by atoms with Crippen LogP contribution in [0.25, 0.3) is 0 Å². The maximum absolute atomic E-state index is 13.9. The smallest absolute Gasteiger partial charge is 0.330 e. The minimum absolute atomic E-state index is 0.0390. The Morgan fingerprint density at radius 3 is 2.08 bits per heavy atom. The van der Waals surface area contributed by atoms with Crippen LogP contribution >= 0.6 is 0 Å². The van der Waals surface area contributed by atoms with E-state index in [0.29, 0.717) is 5.56 Å². The summed E-state index contributed by atoms with van der Waals surface area (Å²) in [5, 5.41) is 0. The zero-order valence-corrected chi connectivity index (χ0v) is 14.8. The molecule has 4 nitrogen and oxygen atoms in total. The lowest BCUT2D eigenvalue weighted by atomic mass is 9.82. The van der Waals surface area contributed by atoms with Gasteiger partial charge < -0.3 is 9.47 Å². The average Bonchev–Trinajstić information content (AvgIpc) is 2.47. The highest BCUT2D eigenvalue weighted by atomic mass is 19.3. The van der Waals surface area contributed by atoms with Crippen LogP contribution < -0.4 is 0 Å². The highest BCUT2D eigenvalue weighted by Crippen LogP contribution is 2.36. The molecule has 0 radical (unpaired) electrons. The zero-order valence-electron chi connectivity index (χ0n) is 14.8. The molecule has 0 amide bonds. The second-order valence-electron chi connectivity index (χ2n) is 6.62. The first-order chi connectivity index (χ1) is 11.5. The van der Waals surface area contributed by atoms with Crippen LogP contribution in [0, 0.1) is 11.2 Å². The van der Waals surface area contributed by atoms with E-state index in [1.807, 2.05) is 0 Å². The molecule has 0 aliphatic carbocycles. The number of benzene rings is 1. The highest BCUT2D eigenvalue weighted by Gasteiger charge is 2.57. The first-order valence-corrected chi connectivity index (χ1v) is 7.96. The fourth-order valence-electron chi connectivity index (χ4n) is 2.20. The van der Waals surface area contributed by atoms with Gasteiger partial charge in [0.05, 0.1) is 6.61 Å². The molecular weight excluding hydrogens is 337 g/mol. The van der Waals surface area contributed by atoms with Gasteiger partial charge in [-0.25, -0.2) is 13.2 Å². The maximum Gasteiger partial charge on any atom is 0.330 e. The van der Waals surface area contributed by atoms with Crippen LogP contribution in [0.5, 0.6) is 0 Å². The van der Waals surface area contributed by atoms with E-state index in [2.05, 4.69) is 0 Å². The molecule has 7 heteroatoms. The molecule has 0 fully saturated rings. The Labute approximate surface area is 145 Å². The second kappa shape index (κ2) is 8.36. The van der Waals surface area contributed by atoms with Gasteiger partial charge in [-0.05, 0) is 58.2 Å². The van der Waals surface area contributed by atoms with Crippen molar-refractivity contribution in [2.45, 2.75) is 52.6 Å². The van der Waals surface area contributed by atoms with Crippen molar-refractivity contribution in [2.24, 2.45) is 5.41 Å². The number of aryl methyl sites for hydroxylation is 1. The molecule has 0 heterocycles. The third kappa shape index (κ3) is 5.47.